The second-order valence-corrected chi connectivity index (χ2v) is 5.18. The minimum absolute atomic E-state index is 0.169. The van der Waals surface area contributed by atoms with Gasteiger partial charge in [-0.2, -0.15) is 0 Å². The van der Waals surface area contributed by atoms with Gasteiger partial charge in [-0.1, -0.05) is 35.9 Å². The first-order chi connectivity index (χ1) is 9.61. The van der Waals surface area contributed by atoms with E-state index in [1.54, 1.807) is 6.92 Å². The fourth-order valence-corrected chi connectivity index (χ4v) is 2.30. The fraction of sp³-hybridized carbons (Fsp3) is 0.176. The van der Waals surface area contributed by atoms with Crippen LogP contribution in [0.15, 0.2) is 42.5 Å². The number of benzene rings is 2. The molecule has 0 fully saturated rings. The number of aromatic nitrogens is 2. The van der Waals surface area contributed by atoms with E-state index in [9.17, 15) is 4.79 Å². The number of rotatable bonds is 3. The maximum atomic E-state index is 11.2. The lowest BCUT2D eigenvalue weighted by Crippen LogP contribution is -1.95. The molecule has 0 saturated carbocycles. The summed E-state index contributed by atoms with van der Waals surface area (Å²) in [6.07, 6.45) is 0.467. The number of hydrogen-bond acceptors (Lipinski definition) is 2. The van der Waals surface area contributed by atoms with Crippen molar-refractivity contribution >= 4 is 16.8 Å². The van der Waals surface area contributed by atoms with Gasteiger partial charge in [-0.25, -0.2) is 4.98 Å². The van der Waals surface area contributed by atoms with Gasteiger partial charge in [0.15, 0.2) is 0 Å². The second-order valence-electron chi connectivity index (χ2n) is 5.18. The highest BCUT2D eigenvalue weighted by atomic mass is 16.1. The molecule has 0 saturated heterocycles. The summed E-state index contributed by atoms with van der Waals surface area (Å²) >= 11 is 0. The molecule has 0 bridgehead atoms. The number of imidazole rings is 1. The second kappa shape index (κ2) is 4.93. The minimum atomic E-state index is 0.169. The molecule has 3 nitrogen and oxygen atoms in total. The third-order valence-corrected chi connectivity index (χ3v) is 3.32. The van der Waals surface area contributed by atoms with Crippen LogP contribution in [-0.2, 0) is 11.2 Å². The lowest BCUT2D eigenvalue weighted by atomic mass is 10.1. The maximum Gasteiger partial charge on any atom is 0.138 e. The van der Waals surface area contributed by atoms with Crippen LogP contribution in [0, 0.1) is 6.92 Å². The summed E-state index contributed by atoms with van der Waals surface area (Å²) in [5.74, 6) is 1.03. The number of aryl methyl sites for hydroxylation is 1. The van der Waals surface area contributed by atoms with Gasteiger partial charge >= 0.3 is 0 Å². The molecule has 1 N–H and O–H groups in total. The normalized spacial score (nSPS) is 10.9. The highest BCUT2D eigenvalue weighted by Gasteiger charge is 2.06. The van der Waals surface area contributed by atoms with E-state index in [1.807, 2.05) is 18.2 Å². The third kappa shape index (κ3) is 2.48. The molecule has 3 aromatic rings. The molecule has 1 aromatic heterocycles. The molecule has 20 heavy (non-hydrogen) atoms. The molecule has 0 amide bonds. The first-order valence-corrected chi connectivity index (χ1v) is 6.67. The van der Waals surface area contributed by atoms with Gasteiger partial charge in [0.25, 0.3) is 0 Å². The highest BCUT2D eigenvalue weighted by molar-refractivity contribution is 5.83. The summed E-state index contributed by atoms with van der Waals surface area (Å²) in [5.41, 5.74) is 5.21. The maximum absolute atomic E-state index is 11.2. The first-order valence-electron chi connectivity index (χ1n) is 6.67. The van der Waals surface area contributed by atoms with Crippen LogP contribution in [0.25, 0.3) is 22.4 Å². The molecular formula is C17H16N2O. The summed E-state index contributed by atoms with van der Waals surface area (Å²) in [4.78, 5) is 19.1. The predicted octanol–water partition coefficient (Wildman–Crippen LogP) is 3.67. The van der Waals surface area contributed by atoms with E-state index >= 15 is 0 Å². The average molecular weight is 264 g/mol. The Morgan fingerprint density at radius 3 is 2.60 bits per heavy atom. The lowest BCUT2D eigenvalue weighted by Gasteiger charge is -1.97. The number of fused-ring (bicyclic) bond motifs is 1. The zero-order valence-corrected chi connectivity index (χ0v) is 11.6. The number of aromatic amines is 1. The largest absolute Gasteiger partial charge is 0.338 e. The third-order valence-electron chi connectivity index (χ3n) is 3.32. The van der Waals surface area contributed by atoms with Crippen molar-refractivity contribution in [1.82, 2.24) is 9.97 Å². The van der Waals surface area contributed by atoms with Crippen molar-refractivity contribution < 1.29 is 4.79 Å². The Labute approximate surface area is 117 Å². The molecule has 1 heterocycles. The van der Waals surface area contributed by atoms with Gasteiger partial charge in [-0.3, -0.25) is 4.79 Å². The van der Waals surface area contributed by atoms with E-state index in [0.29, 0.717) is 6.42 Å². The van der Waals surface area contributed by atoms with Crippen LogP contribution in [0.1, 0.15) is 18.1 Å². The zero-order valence-electron chi connectivity index (χ0n) is 11.6. The Bertz CT molecular complexity index is 769. The molecule has 3 heteroatoms. The van der Waals surface area contributed by atoms with Crippen molar-refractivity contribution in [2.24, 2.45) is 0 Å². The molecule has 0 atom stereocenters. The van der Waals surface area contributed by atoms with Gasteiger partial charge in [0.05, 0.1) is 11.0 Å². The molecule has 100 valence electrons. The van der Waals surface area contributed by atoms with Crippen molar-refractivity contribution in [3.8, 4) is 11.4 Å². The monoisotopic (exact) mass is 264 g/mol. The molecule has 0 spiro atoms. The molecule has 0 unspecified atom stereocenters. The molecule has 0 aliphatic heterocycles. The SMILES string of the molecule is CC(=O)Cc1ccc2nc(-c3ccc(C)cc3)[nH]c2c1. The zero-order chi connectivity index (χ0) is 14.1. The average Bonchev–Trinajstić information content (AvgIpc) is 2.81. The number of Topliss-reactive ketones (excluding diaryl/α,β-unsaturated/α-hetero) is 1. The number of carbonyl (C=O) groups is 1. The molecule has 3 rings (SSSR count). The fourth-order valence-electron chi connectivity index (χ4n) is 2.30. The van der Waals surface area contributed by atoms with Gasteiger partial charge < -0.3 is 4.98 Å². The van der Waals surface area contributed by atoms with Crippen molar-refractivity contribution in [2.75, 3.05) is 0 Å². The summed E-state index contributed by atoms with van der Waals surface area (Å²) in [6, 6.07) is 14.2. The van der Waals surface area contributed by atoms with Crippen LogP contribution < -0.4 is 0 Å². The number of hydrogen-bond donors (Lipinski definition) is 1. The number of carbonyl (C=O) groups excluding carboxylic acids is 1. The van der Waals surface area contributed by atoms with E-state index < -0.39 is 0 Å². The van der Waals surface area contributed by atoms with Crippen LogP contribution in [0.5, 0.6) is 0 Å². The van der Waals surface area contributed by atoms with Crippen molar-refractivity contribution in [3.63, 3.8) is 0 Å². The number of H-pyrrole nitrogens is 1. The van der Waals surface area contributed by atoms with Crippen molar-refractivity contribution in [1.29, 1.82) is 0 Å². The van der Waals surface area contributed by atoms with Crippen LogP contribution in [-0.4, -0.2) is 15.8 Å². The summed E-state index contributed by atoms with van der Waals surface area (Å²) in [6.45, 7) is 3.67. The van der Waals surface area contributed by atoms with E-state index in [0.717, 1.165) is 28.0 Å². The quantitative estimate of drug-likeness (QED) is 0.784. The van der Waals surface area contributed by atoms with Crippen LogP contribution in [0.2, 0.25) is 0 Å². The van der Waals surface area contributed by atoms with Gasteiger partial charge in [0.2, 0.25) is 0 Å². The first kappa shape index (κ1) is 12.6. The van der Waals surface area contributed by atoms with Gasteiger partial charge in [-0.05, 0) is 31.5 Å². The Balaban J connectivity index is 2.01. The standard InChI is InChI=1S/C17H16N2O/c1-11-3-6-14(7-4-11)17-18-15-8-5-13(9-12(2)20)10-16(15)19-17/h3-8,10H,9H2,1-2H3,(H,18,19). The minimum Gasteiger partial charge on any atom is -0.338 e. The van der Waals surface area contributed by atoms with Crippen molar-refractivity contribution in [2.45, 2.75) is 20.3 Å². The topological polar surface area (TPSA) is 45.8 Å². The lowest BCUT2D eigenvalue weighted by molar-refractivity contribution is -0.116. The molecular weight excluding hydrogens is 248 g/mol. The number of nitrogens with zero attached hydrogens (tertiary/aromatic N) is 1. The summed E-state index contributed by atoms with van der Waals surface area (Å²) < 4.78 is 0. The van der Waals surface area contributed by atoms with Gasteiger partial charge in [0.1, 0.15) is 11.6 Å². The van der Waals surface area contributed by atoms with Gasteiger partial charge in [-0.15, -0.1) is 0 Å². The molecule has 2 aromatic carbocycles. The smallest absolute Gasteiger partial charge is 0.138 e. The molecule has 0 radical (unpaired) electrons. The van der Waals surface area contributed by atoms with Crippen molar-refractivity contribution in [3.05, 3.63) is 53.6 Å². The predicted molar refractivity (Wildman–Crippen MR) is 80.7 cm³/mol. The van der Waals surface area contributed by atoms with Gasteiger partial charge in [0, 0.05) is 12.0 Å². The molecule has 0 aliphatic rings. The number of nitrogens with one attached hydrogen (secondary N) is 1. The van der Waals surface area contributed by atoms with E-state index in [1.165, 1.54) is 5.56 Å². The van der Waals surface area contributed by atoms with E-state index in [4.69, 9.17) is 0 Å². The Kier molecular flexibility index (Phi) is 3.11. The van der Waals surface area contributed by atoms with Crippen LogP contribution in [0.3, 0.4) is 0 Å². The molecule has 0 aliphatic carbocycles. The summed E-state index contributed by atoms with van der Waals surface area (Å²) in [5, 5.41) is 0. The Hall–Kier alpha value is -2.42. The van der Waals surface area contributed by atoms with Crippen LogP contribution in [0.4, 0.5) is 0 Å². The summed E-state index contributed by atoms with van der Waals surface area (Å²) in [7, 11) is 0. The number of ketones is 1. The Morgan fingerprint density at radius 2 is 1.90 bits per heavy atom. The van der Waals surface area contributed by atoms with E-state index in [2.05, 4.69) is 41.2 Å². The van der Waals surface area contributed by atoms with E-state index in [-0.39, 0.29) is 5.78 Å². The Morgan fingerprint density at radius 1 is 1.15 bits per heavy atom. The highest BCUT2D eigenvalue weighted by Crippen LogP contribution is 2.21. The van der Waals surface area contributed by atoms with Crippen LogP contribution >= 0.6 is 0 Å².